The molecule has 7 heteroatoms. The summed E-state index contributed by atoms with van der Waals surface area (Å²) in [7, 11) is -2.82. The van der Waals surface area contributed by atoms with Gasteiger partial charge in [0.25, 0.3) is 8.32 Å². The van der Waals surface area contributed by atoms with E-state index in [-0.39, 0.29) is 23.8 Å². The number of carbonyl (C=O) groups excluding carboxylic acids is 1. The fraction of sp³-hybridized carbons (Fsp3) is 0.464. The van der Waals surface area contributed by atoms with Gasteiger partial charge in [0, 0.05) is 0 Å². The number of esters is 1. The fourth-order valence-electron chi connectivity index (χ4n) is 4.77. The van der Waals surface area contributed by atoms with E-state index in [4.69, 9.17) is 18.6 Å². The van der Waals surface area contributed by atoms with Crippen LogP contribution < -0.4 is 10.4 Å². The summed E-state index contributed by atoms with van der Waals surface area (Å²) >= 11 is 0. The Hall–Kier alpha value is -2.29. The first-order valence-corrected chi connectivity index (χ1v) is 14.0. The number of hydrogen-bond donors (Lipinski definition) is 1. The second-order valence-corrected chi connectivity index (χ2v) is 14.6. The molecule has 0 bridgehead atoms. The van der Waals surface area contributed by atoms with Crippen molar-refractivity contribution in [3.8, 4) is 0 Å². The summed E-state index contributed by atoms with van der Waals surface area (Å²) < 4.78 is 24.2. The first-order valence-electron chi connectivity index (χ1n) is 12.1. The molecule has 190 valence electrons. The number of aliphatic hydroxyl groups is 1. The minimum atomic E-state index is -2.82. The Balaban J connectivity index is 1.98. The molecule has 0 saturated carbocycles. The second kappa shape index (κ2) is 10.8. The summed E-state index contributed by atoms with van der Waals surface area (Å²) in [4.78, 5) is 12.2. The van der Waals surface area contributed by atoms with Gasteiger partial charge in [0.1, 0.15) is 18.3 Å². The van der Waals surface area contributed by atoms with E-state index in [1.807, 2.05) is 36.4 Å². The van der Waals surface area contributed by atoms with Crippen LogP contribution in [-0.4, -0.2) is 56.7 Å². The normalized spacial score (nSPS) is 20.9. The van der Waals surface area contributed by atoms with E-state index in [1.54, 1.807) is 20.8 Å². The molecule has 3 rings (SSSR count). The van der Waals surface area contributed by atoms with Gasteiger partial charge in [-0.3, -0.25) is 0 Å². The highest BCUT2D eigenvalue weighted by atomic mass is 28.4. The molecule has 0 radical (unpaired) electrons. The van der Waals surface area contributed by atoms with Gasteiger partial charge in [-0.2, -0.15) is 0 Å². The molecule has 0 spiro atoms. The molecular weight excluding hydrogens is 460 g/mol. The van der Waals surface area contributed by atoms with Crippen LogP contribution in [0.25, 0.3) is 0 Å². The fourth-order valence-corrected chi connectivity index (χ4v) is 9.34. The Morgan fingerprint density at radius 2 is 1.57 bits per heavy atom. The van der Waals surface area contributed by atoms with E-state index in [9.17, 15) is 9.90 Å². The van der Waals surface area contributed by atoms with Gasteiger partial charge in [0.2, 0.25) is 0 Å². The Bertz CT molecular complexity index is 960. The van der Waals surface area contributed by atoms with Gasteiger partial charge in [-0.1, -0.05) is 88.0 Å². The summed E-state index contributed by atoms with van der Waals surface area (Å²) in [6.07, 6.45) is -2.74. The van der Waals surface area contributed by atoms with Crippen LogP contribution in [0.2, 0.25) is 5.04 Å². The van der Waals surface area contributed by atoms with Crippen LogP contribution in [0, 0.1) is 0 Å². The zero-order valence-electron chi connectivity index (χ0n) is 21.6. The van der Waals surface area contributed by atoms with Crippen molar-refractivity contribution in [3.05, 3.63) is 72.8 Å². The van der Waals surface area contributed by atoms with Crippen molar-refractivity contribution in [2.75, 3.05) is 13.2 Å². The minimum Gasteiger partial charge on any atom is -0.463 e. The molecule has 0 unspecified atom stereocenters. The zero-order chi connectivity index (χ0) is 25.9. The molecule has 1 aliphatic heterocycles. The number of carbonyl (C=O) groups is 1. The van der Waals surface area contributed by atoms with E-state index in [2.05, 4.69) is 51.6 Å². The third-order valence-corrected chi connectivity index (χ3v) is 11.3. The smallest absolute Gasteiger partial charge is 0.336 e. The molecule has 6 nitrogen and oxygen atoms in total. The first-order chi connectivity index (χ1) is 16.4. The number of benzene rings is 2. The summed E-state index contributed by atoms with van der Waals surface area (Å²) in [6.45, 7) is 16.0. The molecule has 1 fully saturated rings. The average Bonchev–Trinajstić information content (AvgIpc) is 3.13. The van der Waals surface area contributed by atoms with Gasteiger partial charge in [-0.05, 0) is 36.2 Å². The van der Waals surface area contributed by atoms with E-state index in [1.165, 1.54) is 0 Å². The molecule has 1 heterocycles. The lowest BCUT2D eigenvalue weighted by atomic mass is 10.0. The van der Waals surface area contributed by atoms with Crippen LogP contribution in [0.3, 0.4) is 0 Å². The molecule has 0 aromatic heterocycles. The quantitative estimate of drug-likeness (QED) is 0.324. The minimum absolute atomic E-state index is 0.0615. The molecule has 1 aliphatic rings. The summed E-state index contributed by atoms with van der Waals surface area (Å²) in [5.41, 5.74) is -0.0615. The van der Waals surface area contributed by atoms with Crippen LogP contribution in [0.15, 0.2) is 72.8 Å². The van der Waals surface area contributed by atoms with Crippen LogP contribution in [0.1, 0.15) is 41.5 Å². The van der Waals surface area contributed by atoms with Crippen molar-refractivity contribution in [2.24, 2.45) is 0 Å². The van der Waals surface area contributed by atoms with Crippen molar-refractivity contribution in [2.45, 2.75) is 70.7 Å². The largest absolute Gasteiger partial charge is 0.463 e. The van der Waals surface area contributed by atoms with Crippen LogP contribution in [0.4, 0.5) is 0 Å². The van der Waals surface area contributed by atoms with Gasteiger partial charge in [-0.25, -0.2) is 4.79 Å². The number of hydrogen-bond acceptors (Lipinski definition) is 6. The van der Waals surface area contributed by atoms with Crippen LogP contribution in [0.5, 0.6) is 0 Å². The molecule has 2 aromatic carbocycles. The average molecular weight is 499 g/mol. The second-order valence-electron chi connectivity index (χ2n) is 10.3. The number of ether oxygens (including phenoxy) is 3. The maximum atomic E-state index is 12.2. The molecule has 35 heavy (non-hydrogen) atoms. The molecule has 0 amide bonds. The first kappa shape index (κ1) is 27.3. The molecule has 0 aliphatic carbocycles. The standard InChI is InChI=1S/C28H38O6Si/c1-8-31-26(30)20(2)24(29)25-23(33-28(6,7)34-25)19-32-35(27(3,4)5,21-15-11-9-12-16-21)22-17-13-10-14-18-22/h9-18,23-25,29H,2,8,19H2,1,3-7H3/t23-,24-,25+/m0/s1. The lowest BCUT2D eigenvalue weighted by molar-refractivity contribution is -0.157. The predicted molar refractivity (Wildman–Crippen MR) is 139 cm³/mol. The van der Waals surface area contributed by atoms with Crippen molar-refractivity contribution in [1.29, 1.82) is 0 Å². The molecular formula is C28H38O6Si. The topological polar surface area (TPSA) is 74.2 Å². The molecule has 3 atom stereocenters. The molecule has 2 aromatic rings. The van der Waals surface area contributed by atoms with Crippen molar-refractivity contribution in [1.82, 2.24) is 0 Å². The maximum absolute atomic E-state index is 12.2. The van der Waals surface area contributed by atoms with Crippen molar-refractivity contribution in [3.63, 3.8) is 0 Å². The van der Waals surface area contributed by atoms with Gasteiger partial charge in [-0.15, -0.1) is 0 Å². The third-order valence-electron chi connectivity index (χ3n) is 6.31. The van der Waals surface area contributed by atoms with Gasteiger partial charge in [0.05, 0.1) is 18.8 Å². The Morgan fingerprint density at radius 3 is 2.03 bits per heavy atom. The highest BCUT2D eigenvalue weighted by Gasteiger charge is 2.53. The number of aliphatic hydroxyl groups excluding tert-OH is 1. The van der Waals surface area contributed by atoms with Gasteiger partial charge >= 0.3 is 5.97 Å². The maximum Gasteiger partial charge on any atom is 0.336 e. The van der Waals surface area contributed by atoms with Gasteiger partial charge in [0.15, 0.2) is 5.79 Å². The lowest BCUT2D eigenvalue weighted by Crippen LogP contribution is -2.67. The number of rotatable bonds is 9. The molecule has 1 N–H and O–H groups in total. The van der Waals surface area contributed by atoms with E-state index < -0.39 is 38.4 Å². The van der Waals surface area contributed by atoms with Crippen molar-refractivity contribution < 1.29 is 28.5 Å². The lowest BCUT2D eigenvalue weighted by Gasteiger charge is -2.43. The SMILES string of the molecule is C=C(C(=O)OCC)[C@H](O)[C@@H]1OC(C)(C)O[C@H]1CO[Si](c1ccccc1)(c1ccccc1)C(C)(C)C. The zero-order valence-corrected chi connectivity index (χ0v) is 22.6. The Morgan fingerprint density at radius 1 is 1.06 bits per heavy atom. The van der Waals surface area contributed by atoms with Gasteiger partial charge < -0.3 is 23.7 Å². The molecule has 1 saturated heterocycles. The van der Waals surface area contributed by atoms with E-state index >= 15 is 0 Å². The predicted octanol–water partition coefficient (Wildman–Crippen LogP) is 3.56. The summed E-state index contributed by atoms with van der Waals surface area (Å²) in [5.74, 6) is -1.61. The third kappa shape index (κ3) is 5.76. The van der Waals surface area contributed by atoms with E-state index in [0.717, 1.165) is 10.4 Å². The van der Waals surface area contributed by atoms with Crippen molar-refractivity contribution >= 4 is 24.7 Å². The van der Waals surface area contributed by atoms with Crippen LogP contribution >= 0.6 is 0 Å². The Labute approximate surface area is 210 Å². The summed E-state index contributed by atoms with van der Waals surface area (Å²) in [6, 6.07) is 20.6. The summed E-state index contributed by atoms with van der Waals surface area (Å²) in [5, 5.41) is 13.1. The van der Waals surface area contributed by atoms with Crippen LogP contribution in [-0.2, 0) is 23.4 Å². The Kier molecular flexibility index (Phi) is 8.39. The van der Waals surface area contributed by atoms with E-state index in [0.29, 0.717) is 0 Å². The highest BCUT2D eigenvalue weighted by Crippen LogP contribution is 2.38. The highest BCUT2D eigenvalue weighted by molar-refractivity contribution is 6.99. The monoisotopic (exact) mass is 498 g/mol.